The van der Waals surface area contributed by atoms with Crippen LogP contribution in [-0.4, -0.2) is 11.2 Å². The summed E-state index contributed by atoms with van der Waals surface area (Å²) < 4.78 is 0. The van der Waals surface area contributed by atoms with Gasteiger partial charge >= 0.3 is 0 Å². The first kappa shape index (κ1) is 9.06. The minimum atomic E-state index is -0.356. The van der Waals surface area contributed by atoms with Gasteiger partial charge in [-0.05, 0) is 24.8 Å². The van der Waals surface area contributed by atoms with E-state index < -0.39 is 0 Å². The van der Waals surface area contributed by atoms with E-state index in [9.17, 15) is 10.1 Å². The van der Waals surface area contributed by atoms with Crippen LogP contribution in [0.1, 0.15) is 5.56 Å². The Balaban J connectivity index is 3.20. The third kappa shape index (κ3) is 1.76. The Labute approximate surface area is 74.9 Å². The first-order chi connectivity index (χ1) is 5.65. The van der Waals surface area contributed by atoms with Crippen molar-refractivity contribution in [3.05, 3.63) is 33.9 Å². The minimum Gasteiger partial charge on any atom is -0.258 e. The van der Waals surface area contributed by atoms with Gasteiger partial charge in [-0.15, -0.1) is 11.8 Å². The molecule has 0 heterocycles. The van der Waals surface area contributed by atoms with Crippen molar-refractivity contribution in [2.24, 2.45) is 0 Å². The number of nitro groups is 1. The number of rotatable bonds is 2. The fraction of sp³-hybridized carbons (Fsp3) is 0.250. The molecule has 3 nitrogen and oxygen atoms in total. The SMILES string of the molecule is CSc1cc(C)ccc1[N+](=O)[O-]. The predicted octanol–water partition coefficient (Wildman–Crippen LogP) is 2.63. The van der Waals surface area contributed by atoms with E-state index in [0.717, 1.165) is 10.5 Å². The summed E-state index contributed by atoms with van der Waals surface area (Å²) in [6.45, 7) is 1.92. The molecule has 0 saturated carbocycles. The average molecular weight is 183 g/mol. The summed E-state index contributed by atoms with van der Waals surface area (Å²) in [4.78, 5) is 10.9. The molecule has 0 radical (unpaired) electrons. The second-order valence-electron chi connectivity index (χ2n) is 2.43. The van der Waals surface area contributed by atoms with Gasteiger partial charge < -0.3 is 0 Å². The highest BCUT2D eigenvalue weighted by Gasteiger charge is 2.11. The van der Waals surface area contributed by atoms with Crippen molar-refractivity contribution in [2.75, 3.05) is 6.26 Å². The maximum absolute atomic E-state index is 10.5. The molecule has 12 heavy (non-hydrogen) atoms. The lowest BCUT2D eigenvalue weighted by Gasteiger charge is -1.99. The number of benzene rings is 1. The summed E-state index contributed by atoms with van der Waals surface area (Å²) in [7, 11) is 0. The molecular formula is C8H9NO2S. The molecule has 0 N–H and O–H groups in total. The summed E-state index contributed by atoms with van der Waals surface area (Å²) >= 11 is 1.40. The summed E-state index contributed by atoms with van der Waals surface area (Å²) in [6.07, 6.45) is 1.84. The van der Waals surface area contributed by atoms with E-state index in [1.165, 1.54) is 11.8 Å². The molecule has 0 fully saturated rings. The molecule has 1 aromatic rings. The molecule has 0 aromatic heterocycles. The highest BCUT2D eigenvalue weighted by atomic mass is 32.2. The highest BCUT2D eigenvalue weighted by molar-refractivity contribution is 7.98. The van der Waals surface area contributed by atoms with Gasteiger partial charge in [0.25, 0.3) is 5.69 Å². The van der Waals surface area contributed by atoms with E-state index in [0.29, 0.717) is 0 Å². The van der Waals surface area contributed by atoms with Crippen LogP contribution in [0.4, 0.5) is 5.69 Å². The Morgan fingerprint density at radius 3 is 2.67 bits per heavy atom. The molecule has 0 atom stereocenters. The maximum atomic E-state index is 10.5. The summed E-state index contributed by atoms with van der Waals surface area (Å²) in [5.74, 6) is 0. The average Bonchev–Trinajstić information content (AvgIpc) is 2.03. The van der Waals surface area contributed by atoms with Gasteiger partial charge in [0.1, 0.15) is 0 Å². The van der Waals surface area contributed by atoms with Gasteiger partial charge in [-0.1, -0.05) is 6.07 Å². The minimum absolute atomic E-state index is 0.188. The molecular weight excluding hydrogens is 174 g/mol. The molecule has 0 aliphatic carbocycles. The van der Waals surface area contributed by atoms with Crippen LogP contribution in [0.5, 0.6) is 0 Å². The topological polar surface area (TPSA) is 43.1 Å². The molecule has 1 rings (SSSR count). The lowest BCUT2D eigenvalue weighted by atomic mass is 10.2. The summed E-state index contributed by atoms with van der Waals surface area (Å²) in [6, 6.07) is 5.11. The Hall–Kier alpha value is -1.03. The fourth-order valence-corrected chi connectivity index (χ4v) is 1.59. The molecule has 4 heteroatoms. The number of aryl methyl sites for hydroxylation is 1. The van der Waals surface area contributed by atoms with E-state index >= 15 is 0 Å². The molecule has 0 spiro atoms. The van der Waals surface area contributed by atoms with Crippen LogP contribution in [-0.2, 0) is 0 Å². The van der Waals surface area contributed by atoms with Crippen LogP contribution in [0.25, 0.3) is 0 Å². The second kappa shape index (κ2) is 3.58. The van der Waals surface area contributed by atoms with Crippen molar-refractivity contribution in [2.45, 2.75) is 11.8 Å². The molecule has 0 amide bonds. The standard InChI is InChI=1S/C8H9NO2S/c1-6-3-4-7(9(10)11)8(5-6)12-2/h3-5H,1-2H3. The number of nitro benzene ring substituents is 1. The van der Waals surface area contributed by atoms with E-state index in [2.05, 4.69) is 0 Å². The molecule has 64 valence electrons. The van der Waals surface area contributed by atoms with Gasteiger partial charge in [0.15, 0.2) is 0 Å². The Bertz CT molecular complexity index is 312. The van der Waals surface area contributed by atoms with E-state index in [4.69, 9.17) is 0 Å². The molecule has 0 aliphatic heterocycles. The smallest absolute Gasteiger partial charge is 0.258 e. The van der Waals surface area contributed by atoms with Gasteiger partial charge in [-0.2, -0.15) is 0 Å². The quantitative estimate of drug-likeness (QED) is 0.402. The second-order valence-corrected chi connectivity index (χ2v) is 3.28. The highest BCUT2D eigenvalue weighted by Crippen LogP contribution is 2.27. The van der Waals surface area contributed by atoms with E-state index in [-0.39, 0.29) is 10.6 Å². The molecule has 0 unspecified atom stereocenters. The Morgan fingerprint density at radius 1 is 1.50 bits per heavy atom. The van der Waals surface area contributed by atoms with Crippen LogP contribution in [0.2, 0.25) is 0 Å². The third-order valence-corrected chi connectivity index (χ3v) is 2.30. The van der Waals surface area contributed by atoms with Crippen LogP contribution in [0.3, 0.4) is 0 Å². The van der Waals surface area contributed by atoms with Crippen molar-refractivity contribution in [1.29, 1.82) is 0 Å². The molecule has 0 aliphatic rings. The number of hydrogen-bond donors (Lipinski definition) is 0. The van der Waals surface area contributed by atoms with Crippen molar-refractivity contribution < 1.29 is 4.92 Å². The lowest BCUT2D eigenvalue weighted by molar-refractivity contribution is -0.387. The number of hydrogen-bond acceptors (Lipinski definition) is 3. The van der Waals surface area contributed by atoms with Crippen molar-refractivity contribution in [3.8, 4) is 0 Å². The number of nitrogens with zero attached hydrogens (tertiary/aromatic N) is 1. The van der Waals surface area contributed by atoms with E-state index in [1.807, 2.05) is 19.2 Å². The molecule has 1 aromatic carbocycles. The van der Waals surface area contributed by atoms with Gasteiger partial charge in [0, 0.05) is 6.07 Å². The van der Waals surface area contributed by atoms with E-state index in [1.54, 1.807) is 12.1 Å². The largest absolute Gasteiger partial charge is 0.282 e. The van der Waals surface area contributed by atoms with Crippen LogP contribution < -0.4 is 0 Å². The van der Waals surface area contributed by atoms with Crippen LogP contribution >= 0.6 is 11.8 Å². The van der Waals surface area contributed by atoms with Gasteiger partial charge in [0.05, 0.1) is 9.82 Å². The Kier molecular flexibility index (Phi) is 2.70. The normalized spacial score (nSPS) is 9.83. The molecule has 0 saturated heterocycles. The summed E-state index contributed by atoms with van der Waals surface area (Å²) in [5.41, 5.74) is 1.23. The predicted molar refractivity (Wildman–Crippen MR) is 49.6 cm³/mol. The molecule has 0 bridgehead atoms. The van der Waals surface area contributed by atoms with Gasteiger partial charge in [-0.25, -0.2) is 0 Å². The lowest BCUT2D eigenvalue weighted by Crippen LogP contribution is -1.90. The van der Waals surface area contributed by atoms with Crippen LogP contribution in [0.15, 0.2) is 23.1 Å². The Morgan fingerprint density at radius 2 is 2.17 bits per heavy atom. The first-order valence-electron chi connectivity index (χ1n) is 3.44. The van der Waals surface area contributed by atoms with Gasteiger partial charge in [0.2, 0.25) is 0 Å². The van der Waals surface area contributed by atoms with Crippen molar-refractivity contribution in [3.63, 3.8) is 0 Å². The zero-order valence-corrected chi connectivity index (χ0v) is 7.72. The zero-order chi connectivity index (χ0) is 9.14. The monoisotopic (exact) mass is 183 g/mol. The number of thioether (sulfide) groups is 1. The zero-order valence-electron chi connectivity index (χ0n) is 6.90. The van der Waals surface area contributed by atoms with Gasteiger partial charge in [-0.3, -0.25) is 10.1 Å². The first-order valence-corrected chi connectivity index (χ1v) is 4.66. The fourth-order valence-electron chi connectivity index (χ4n) is 0.936. The van der Waals surface area contributed by atoms with Crippen LogP contribution in [0, 0.1) is 17.0 Å². The third-order valence-electron chi connectivity index (χ3n) is 1.53. The summed E-state index contributed by atoms with van der Waals surface area (Å²) in [5, 5.41) is 10.5. The maximum Gasteiger partial charge on any atom is 0.282 e. The van der Waals surface area contributed by atoms with Crippen molar-refractivity contribution >= 4 is 17.4 Å². The van der Waals surface area contributed by atoms with Crippen molar-refractivity contribution in [1.82, 2.24) is 0 Å².